The standard InChI is InChI=1S/C14H16F3NO3/c15-14(16,17)11-10(2-6-21-11)12(19)18-5-7-20-9-13(8-18)3-1-4-13/h2,6H,1,3-5,7-9H2. The van der Waals surface area contributed by atoms with Crippen molar-refractivity contribution in [3.8, 4) is 0 Å². The summed E-state index contributed by atoms with van der Waals surface area (Å²) < 4.78 is 48.5. The molecule has 7 heteroatoms. The number of hydrogen-bond donors (Lipinski definition) is 0. The molecule has 1 spiro atoms. The van der Waals surface area contributed by atoms with Crippen LogP contribution in [-0.2, 0) is 10.9 Å². The molecule has 2 aliphatic rings. The number of carbonyl (C=O) groups excluding carboxylic acids is 1. The fourth-order valence-corrected chi connectivity index (χ4v) is 3.01. The lowest BCUT2D eigenvalue weighted by Crippen LogP contribution is -2.45. The molecule has 0 unspecified atom stereocenters. The molecule has 3 rings (SSSR count). The zero-order chi connectivity index (χ0) is 15.1. The maximum absolute atomic E-state index is 12.8. The van der Waals surface area contributed by atoms with E-state index < -0.39 is 23.4 Å². The fourth-order valence-electron chi connectivity index (χ4n) is 3.01. The molecule has 1 amide bonds. The van der Waals surface area contributed by atoms with Crippen molar-refractivity contribution in [2.45, 2.75) is 25.4 Å². The number of carbonyl (C=O) groups is 1. The van der Waals surface area contributed by atoms with E-state index in [1.807, 2.05) is 0 Å². The summed E-state index contributed by atoms with van der Waals surface area (Å²) in [5.74, 6) is -1.85. The number of ether oxygens (including phenoxy) is 1. The Morgan fingerprint density at radius 2 is 2.10 bits per heavy atom. The van der Waals surface area contributed by atoms with E-state index >= 15 is 0 Å². The number of hydrogen-bond acceptors (Lipinski definition) is 3. The van der Waals surface area contributed by atoms with E-state index in [2.05, 4.69) is 4.42 Å². The van der Waals surface area contributed by atoms with Gasteiger partial charge in [0.05, 0.1) is 25.0 Å². The van der Waals surface area contributed by atoms with Crippen molar-refractivity contribution >= 4 is 5.91 Å². The van der Waals surface area contributed by atoms with Gasteiger partial charge in [0.15, 0.2) is 0 Å². The SMILES string of the molecule is O=C(c1ccoc1C(F)(F)F)N1CCOCC2(CCC2)C1. The van der Waals surface area contributed by atoms with Gasteiger partial charge in [-0.2, -0.15) is 13.2 Å². The van der Waals surface area contributed by atoms with Gasteiger partial charge in [-0.3, -0.25) is 4.79 Å². The number of alkyl halides is 3. The van der Waals surface area contributed by atoms with Crippen LogP contribution in [0, 0.1) is 5.41 Å². The molecule has 0 atom stereocenters. The molecule has 21 heavy (non-hydrogen) atoms. The number of rotatable bonds is 1. The lowest BCUT2D eigenvalue weighted by atomic mass is 9.69. The van der Waals surface area contributed by atoms with E-state index in [0.29, 0.717) is 26.3 Å². The summed E-state index contributed by atoms with van der Waals surface area (Å²) in [7, 11) is 0. The average molecular weight is 303 g/mol. The first-order valence-corrected chi connectivity index (χ1v) is 6.93. The maximum Gasteiger partial charge on any atom is 0.450 e. The molecule has 0 radical (unpaired) electrons. The molecule has 4 nitrogen and oxygen atoms in total. The normalized spacial score (nSPS) is 22.0. The van der Waals surface area contributed by atoms with Gasteiger partial charge in [0.2, 0.25) is 5.76 Å². The molecule has 2 fully saturated rings. The number of amides is 1. The van der Waals surface area contributed by atoms with E-state index in [-0.39, 0.29) is 5.41 Å². The first kappa shape index (κ1) is 14.4. The van der Waals surface area contributed by atoms with Gasteiger partial charge in [-0.1, -0.05) is 6.42 Å². The van der Waals surface area contributed by atoms with Gasteiger partial charge >= 0.3 is 6.18 Å². The van der Waals surface area contributed by atoms with Crippen molar-refractivity contribution in [1.29, 1.82) is 0 Å². The van der Waals surface area contributed by atoms with E-state index in [1.54, 1.807) is 0 Å². The number of halogens is 3. The Kier molecular flexibility index (Phi) is 3.47. The second-order valence-corrected chi connectivity index (χ2v) is 5.79. The molecule has 1 aromatic heterocycles. The molecular formula is C14H16F3NO3. The lowest BCUT2D eigenvalue weighted by molar-refractivity contribution is -0.153. The zero-order valence-electron chi connectivity index (χ0n) is 11.4. The molecule has 0 aromatic carbocycles. The van der Waals surface area contributed by atoms with Crippen molar-refractivity contribution in [3.05, 3.63) is 23.7 Å². The van der Waals surface area contributed by atoms with Gasteiger partial charge in [0, 0.05) is 18.5 Å². The maximum atomic E-state index is 12.8. The van der Waals surface area contributed by atoms with Gasteiger partial charge < -0.3 is 14.1 Å². The van der Waals surface area contributed by atoms with Crippen molar-refractivity contribution < 1.29 is 27.1 Å². The second kappa shape index (κ2) is 5.05. The molecule has 0 bridgehead atoms. The minimum Gasteiger partial charge on any atom is -0.459 e. The van der Waals surface area contributed by atoms with Crippen molar-refractivity contribution in [1.82, 2.24) is 4.90 Å². The molecule has 1 aliphatic carbocycles. The minimum atomic E-state index is -4.66. The van der Waals surface area contributed by atoms with Crippen molar-refractivity contribution in [2.24, 2.45) is 5.41 Å². The van der Waals surface area contributed by atoms with Crippen LogP contribution in [0.4, 0.5) is 13.2 Å². The van der Waals surface area contributed by atoms with Crippen molar-refractivity contribution in [3.63, 3.8) is 0 Å². The monoisotopic (exact) mass is 303 g/mol. The molecule has 2 heterocycles. The largest absolute Gasteiger partial charge is 0.459 e. The highest BCUT2D eigenvalue weighted by molar-refractivity contribution is 5.95. The van der Waals surface area contributed by atoms with Crippen LogP contribution in [0.1, 0.15) is 35.4 Å². The van der Waals surface area contributed by atoms with E-state index in [9.17, 15) is 18.0 Å². The van der Waals surface area contributed by atoms with Crippen LogP contribution in [0.3, 0.4) is 0 Å². The predicted octanol–water partition coefficient (Wildman–Crippen LogP) is 2.94. The molecule has 1 saturated carbocycles. The van der Waals surface area contributed by atoms with E-state index in [4.69, 9.17) is 4.74 Å². The molecule has 1 aromatic rings. The van der Waals surface area contributed by atoms with Gasteiger partial charge in [-0.25, -0.2) is 0 Å². The quantitative estimate of drug-likeness (QED) is 0.801. The number of nitrogens with zero attached hydrogens (tertiary/aromatic N) is 1. The lowest BCUT2D eigenvalue weighted by Gasteiger charge is -2.42. The summed E-state index contributed by atoms with van der Waals surface area (Å²) in [5.41, 5.74) is -0.493. The summed E-state index contributed by atoms with van der Waals surface area (Å²) in [4.78, 5) is 13.9. The topological polar surface area (TPSA) is 42.7 Å². The molecule has 116 valence electrons. The van der Waals surface area contributed by atoms with Crippen LogP contribution in [0.2, 0.25) is 0 Å². The smallest absolute Gasteiger partial charge is 0.450 e. The van der Waals surface area contributed by atoms with Gasteiger partial charge in [-0.15, -0.1) is 0 Å². The summed E-state index contributed by atoms with van der Waals surface area (Å²) in [5, 5.41) is 0. The first-order valence-electron chi connectivity index (χ1n) is 6.93. The third-order valence-corrected chi connectivity index (χ3v) is 4.29. The molecule has 1 saturated heterocycles. The summed E-state index contributed by atoms with van der Waals surface area (Å²) in [6, 6.07) is 1.09. The summed E-state index contributed by atoms with van der Waals surface area (Å²) >= 11 is 0. The van der Waals surface area contributed by atoms with E-state index in [0.717, 1.165) is 31.6 Å². The van der Waals surface area contributed by atoms with Crippen LogP contribution in [0.25, 0.3) is 0 Å². The van der Waals surface area contributed by atoms with Crippen molar-refractivity contribution in [2.75, 3.05) is 26.3 Å². The molecule has 1 aliphatic heterocycles. The fraction of sp³-hybridized carbons (Fsp3) is 0.643. The Labute approximate surface area is 119 Å². The third-order valence-electron chi connectivity index (χ3n) is 4.29. The Hall–Kier alpha value is -1.50. The first-order chi connectivity index (χ1) is 9.91. The molecular weight excluding hydrogens is 287 g/mol. The molecule has 0 N–H and O–H groups in total. The van der Waals surface area contributed by atoms with Crippen LogP contribution >= 0.6 is 0 Å². The zero-order valence-corrected chi connectivity index (χ0v) is 11.4. The van der Waals surface area contributed by atoms with Gasteiger partial charge in [-0.05, 0) is 18.9 Å². The van der Waals surface area contributed by atoms with Crippen LogP contribution in [0.5, 0.6) is 0 Å². The minimum absolute atomic E-state index is 0.0751. The van der Waals surface area contributed by atoms with Gasteiger partial charge in [0.25, 0.3) is 5.91 Å². The Bertz CT molecular complexity index is 534. The second-order valence-electron chi connectivity index (χ2n) is 5.79. The third kappa shape index (κ3) is 2.66. The van der Waals surface area contributed by atoms with Crippen LogP contribution in [-0.4, -0.2) is 37.1 Å². The van der Waals surface area contributed by atoms with Crippen LogP contribution in [0.15, 0.2) is 16.7 Å². The highest BCUT2D eigenvalue weighted by Gasteiger charge is 2.44. The van der Waals surface area contributed by atoms with Gasteiger partial charge in [0.1, 0.15) is 0 Å². The van der Waals surface area contributed by atoms with E-state index in [1.165, 1.54) is 4.90 Å². The Morgan fingerprint density at radius 1 is 1.33 bits per heavy atom. The Morgan fingerprint density at radius 3 is 2.71 bits per heavy atom. The number of furan rings is 1. The highest BCUT2D eigenvalue weighted by Crippen LogP contribution is 2.43. The average Bonchev–Trinajstić information content (AvgIpc) is 2.75. The van der Waals surface area contributed by atoms with Crippen LogP contribution < -0.4 is 0 Å². The predicted molar refractivity (Wildman–Crippen MR) is 66.7 cm³/mol. The summed E-state index contributed by atoms with van der Waals surface area (Å²) in [6.07, 6.45) is -0.776. The Balaban J connectivity index is 1.83. The summed E-state index contributed by atoms with van der Waals surface area (Å²) in [6.45, 7) is 1.69. The highest BCUT2D eigenvalue weighted by atomic mass is 19.4.